The molecule has 0 amide bonds. The van der Waals surface area contributed by atoms with Gasteiger partial charge in [0, 0.05) is 17.8 Å². The van der Waals surface area contributed by atoms with Crippen molar-refractivity contribution < 1.29 is 24.1 Å². The van der Waals surface area contributed by atoms with E-state index in [1.807, 2.05) is 24.3 Å². The summed E-state index contributed by atoms with van der Waals surface area (Å²) >= 11 is 12.1. The van der Waals surface area contributed by atoms with Crippen LogP contribution >= 0.6 is 23.2 Å². The summed E-state index contributed by atoms with van der Waals surface area (Å²) in [6, 6.07) is 16.6. The first-order valence-corrected chi connectivity index (χ1v) is 12.7. The summed E-state index contributed by atoms with van der Waals surface area (Å²) in [4.78, 5) is 24.2. The van der Waals surface area contributed by atoms with Crippen LogP contribution in [0.25, 0.3) is 0 Å². The van der Waals surface area contributed by atoms with E-state index in [0.29, 0.717) is 31.8 Å². The van der Waals surface area contributed by atoms with Gasteiger partial charge >= 0.3 is 0 Å². The normalized spacial score (nSPS) is 21.0. The summed E-state index contributed by atoms with van der Waals surface area (Å²) in [5.74, 6) is 0.654. The van der Waals surface area contributed by atoms with E-state index in [2.05, 4.69) is 4.90 Å². The van der Waals surface area contributed by atoms with Crippen molar-refractivity contribution >= 4 is 40.3 Å². The molecular weight excluding hydrogens is 537 g/mol. The van der Waals surface area contributed by atoms with E-state index in [4.69, 9.17) is 37.4 Å². The number of nitrogens with zero attached hydrogens (tertiary/aromatic N) is 3. The average molecular weight is 560 g/mol. The lowest BCUT2D eigenvalue weighted by molar-refractivity contribution is -0.384. The molecule has 2 saturated heterocycles. The lowest BCUT2D eigenvalue weighted by Gasteiger charge is -2.33. The standard InChI is InChI=1S/C26H23Cl2N3O7/c27-21-7-1-16(11-25(21)30(32)33)23-9-10-24(17-2-8-22(28)26(12-17)31(34)35)29(23)18-3-5-19(6-4-18)37-14-20-13-36-15-38-20/h1-8,11-12,20,23-24H,9-10,13-15H2/t20?,23-,24?/m1/s1. The van der Waals surface area contributed by atoms with E-state index in [1.165, 1.54) is 24.3 Å². The van der Waals surface area contributed by atoms with Crippen molar-refractivity contribution in [2.75, 3.05) is 24.9 Å². The van der Waals surface area contributed by atoms with Crippen molar-refractivity contribution in [3.8, 4) is 5.75 Å². The SMILES string of the molecule is O=[N+]([O-])c1cc(C2CC[C@H](c3ccc(Cl)c([N+](=O)[O-])c3)N2c2ccc(OCC3COCO3)cc2)ccc1Cl. The third-order valence-corrected chi connectivity index (χ3v) is 7.39. The maximum Gasteiger partial charge on any atom is 0.288 e. The van der Waals surface area contributed by atoms with Crippen LogP contribution in [0.2, 0.25) is 10.0 Å². The largest absolute Gasteiger partial charge is 0.491 e. The number of halogens is 2. The quantitative estimate of drug-likeness (QED) is 0.222. The fourth-order valence-corrected chi connectivity index (χ4v) is 5.32. The molecule has 0 spiro atoms. The molecule has 0 aromatic heterocycles. The summed E-state index contributed by atoms with van der Waals surface area (Å²) in [6.07, 6.45) is 1.21. The summed E-state index contributed by atoms with van der Waals surface area (Å²) in [5.41, 5.74) is 1.95. The zero-order valence-electron chi connectivity index (χ0n) is 20.0. The Hall–Kier alpha value is -3.44. The minimum Gasteiger partial charge on any atom is -0.491 e. The predicted molar refractivity (Wildman–Crippen MR) is 141 cm³/mol. The molecule has 3 atom stereocenters. The maximum absolute atomic E-state index is 11.6. The molecule has 12 heteroatoms. The third kappa shape index (κ3) is 5.39. The molecule has 2 unspecified atom stereocenters. The fraction of sp³-hybridized carbons (Fsp3) is 0.308. The molecule has 2 aliphatic heterocycles. The molecule has 0 saturated carbocycles. The Morgan fingerprint density at radius 3 is 1.89 bits per heavy atom. The number of nitro groups is 2. The Morgan fingerprint density at radius 1 is 0.868 bits per heavy atom. The molecule has 3 aromatic rings. The zero-order valence-corrected chi connectivity index (χ0v) is 21.5. The van der Waals surface area contributed by atoms with E-state index in [9.17, 15) is 20.2 Å². The molecule has 0 radical (unpaired) electrons. The van der Waals surface area contributed by atoms with Gasteiger partial charge in [-0.1, -0.05) is 35.3 Å². The Balaban J connectivity index is 1.49. The van der Waals surface area contributed by atoms with E-state index in [0.717, 1.165) is 16.8 Å². The second kappa shape index (κ2) is 11.1. The van der Waals surface area contributed by atoms with Crippen LogP contribution in [-0.2, 0) is 9.47 Å². The van der Waals surface area contributed by atoms with Gasteiger partial charge in [0.1, 0.15) is 35.3 Å². The van der Waals surface area contributed by atoms with E-state index >= 15 is 0 Å². The molecule has 2 fully saturated rings. The molecular formula is C26H23Cl2N3O7. The smallest absolute Gasteiger partial charge is 0.288 e. The lowest BCUT2D eigenvalue weighted by atomic mass is 10.0. The molecule has 0 aliphatic carbocycles. The van der Waals surface area contributed by atoms with Crippen molar-refractivity contribution in [1.29, 1.82) is 0 Å². The number of anilines is 1. The molecule has 5 rings (SSSR count). The van der Waals surface area contributed by atoms with Gasteiger partial charge in [0.05, 0.1) is 28.5 Å². The van der Waals surface area contributed by atoms with Crippen LogP contribution < -0.4 is 9.64 Å². The first-order valence-electron chi connectivity index (χ1n) is 11.9. The summed E-state index contributed by atoms with van der Waals surface area (Å²) in [6.45, 7) is 1.10. The molecule has 0 bridgehead atoms. The van der Waals surface area contributed by atoms with Crippen LogP contribution in [0, 0.1) is 20.2 Å². The number of ether oxygens (including phenoxy) is 3. The Bertz CT molecular complexity index is 1280. The van der Waals surface area contributed by atoms with E-state index in [-0.39, 0.29) is 46.4 Å². The maximum atomic E-state index is 11.6. The Kier molecular flexibility index (Phi) is 7.66. The van der Waals surface area contributed by atoms with Gasteiger partial charge in [-0.15, -0.1) is 0 Å². The van der Waals surface area contributed by atoms with E-state index < -0.39 is 9.85 Å². The predicted octanol–water partition coefficient (Wildman–Crippen LogP) is 6.64. The van der Waals surface area contributed by atoms with Crippen molar-refractivity contribution in [2.45, 2.75) is 31.0 Å². The van der Waals surface area contributed by atoms with Gasteiger partial charge in [0.2, 0.25) is 0 Å². The number of hydrogen-bond acceptors (Lipinski definition) is 8. The molecule has 3 aromatic carbocycles. The highest BCUT2D eigenvalue weighted by Gasteiger charge is 2.37. The van der Waals surface area contributed by atoms with Crippen LogP contribution in [0.3, 0.4) is 0 Å². The van der Waals surface area contributed by atoms with Crippen LogP contribution in [0.1, 0.15) is 36.1 Å². The topological polar surface area (TPSA) is 117 Å². The molecule has 2 aliphatic rings. The minimum absolute atomic E-state index is 0.0614. The van der Waals surface area contributed by atoms with Crippen molar-refractivity contribution in [3.63, 3.8) is 0 Å². The Morgan fingerprint density at radius 2 is 1.42 bits per heavy atom. The molecule has 0 N–H and O–H groups in total. The average Bonchev–Trinajstić information content (AvgIpc) is 3.58. The molecule has 10 nitrogen and oxygen atoms in total. The van der Waals surface area contributed by atoms with Gasteiger partial charge in [-0.3, -0.25) is 20.2 Å². The van der Waals surface area contributed by atoms with Gasteiger partial charge in [0.15, 0.2) is 0 Å². The third-order valence-electron chi connectivity index (χ3n) is 6.75. The zero-order chi connectivity index (χ0) is 26.8. The highest BCUT2D eigenvalue weighted by atomic mass is 35.5. The lowest BCUT2D eigenvalue weighted by Crippen LogP contribution is -2.26. The van der Waals surface area contributed by atoms with Gasteiger partial charge in [0.25, 0.3) is 11.4 Å². The van der Waals surface area contributed by atoms with Crippen LogP contribution in [0.5, 0.6) is 5.75 Å². The van der Waals surface area contributed by atoms with Gasteiger partial charge in [-0.05, 0) is 60.4 Å². The number of nitro benzene ring substituents is 2. The summed E-state index contributed by atoms with van der Waals surface area (Å²) in [5, 5.41) is 23.2. The number of benzene rings is 3. The van der Waals surface area contributed by atoms with Gasteiger partial charge < -0.3 is 19.1 Å². The highest BCUT2D eigenvalue weighted by molar-refractivity contribution is 6.33. The second-order valence-corrected chi connectivity index (χ2v) is 9.85. The number of rotatable bonds is 8. The van der Waals surface area contributed by atoms with Crippen LogP contribution in [0.15, 0.2) is 60.7 Å². The van der Waals surface area contributed by atoms with Crippen molar-refractivity contribution in [1.82, 2.24) is 0 Å². The molecule has 198 valence electrons. The van der Waals surface area contributed by atoms with Crippen LogP contribution in [-0.4, -0.2) is 36.0 Å². The van der Waals surface area contributed by atoms with E-state index in [1.54, 1.807) is 12.1 Å². The molecule has 38 heavy (non-hydrogen) atoms. The highest BCUT2D eigenvalue weighted by Crippen LogP contribution is 2.48. The fourth-order valence-electron chi connectivity index (χ4n) is 4.95. The summed E-state index contributed by atoms with van der Waals surface area (Å²) in [7, 11) is 0. The number of hydrogen-bond donors (Lipinski definition) is 0. The monoisotopic (exact) mass is 559 g/mol. The molecule has 2 heterocycles. The summed E-state index contributed by atoms with van der Waals surface area (Å²) < 4.78 is 16.4. The van der Waals surface area contributed by atoms with Gasteiger partial charge in [-0.2, -0.15) is 0 Å². The first kappa shape index (κ1) is 26.2. The first-order chi connectivity index (χ1) is 18.3. The van der Waals surface area contributed by atoms with Crippen LogP contribution in [0.4, 0.5) is 17.1 Å². The van der Waals surface area contributed by atoms with Gasteiger partial charge in [-0.25, -0.2) is 0 Å². The van der Waals surface area contributed by atoms with Crippen molar-refractivity contribution in [3.05, 3.63) is 102 Å². The second-order valence-electron chi connectivity index (χ2n) is 9.03. The minimum atomic E-state index is -0.504. The van der Waals surface area contributed by atoms with Crippen molar-refractivity contribution in [2.24, 2.45) is 0 Å². The Labute approximate surface area is 227 Å².